The summed E-state index contributed by atoms with van der Waals surface area (Å²) in [5.41, 5.74) is 6.51. The molecule has 1 aliphatic rings. The lowest BCUT2D eigenvalue weighted by molar-refractivity contribution is -0.118. The number of ether oxygens (including phenoxy) is 1. The molecule has 0 saturated carbocycles. The first-order valence-corrected chi connectivity index (χ1v) is 7.72. The predicted molar refractivity (Wildman–Crippen MR) is 89.7 cm³/mol. The molecule has 2 amide bonds. The Bertz CT molecular complexity index is 802. The first-order chi connectivity index (χ1) is 11.1. The molecule has 0 saturated heterocycles. The molecule has 5 nitrogen and oxygen atoms in total. The van der Waals surface area contributed by atoms with E-state index in [1.807, 2.05) is 24.3 Å². The van der Waals surface area contributed by atoms with Crippen LogP contribution in [-0.2, 0) is 4.79 Å². The Hall–Kier alpha value is -2.60. The monoisotopic (exact) mass is 372 g/mol. The highest BCUT2D eigenvalue weighted by molar-refractivity contribution is 9.10. The lowest BCUT2D eigenvalue weighted by Gasteiger charge is -2.17. The smallest absolute Gasteiger partial charge is 0.270 e. The van der Waals surface area contributed by atoms with Crippen molar-refractivity contribution in [3.8, 4) is 5.75 Å². The zero-order valence-corrected chi connectivity index (χ0v) is 13.6. The van der Waals surface area contributed by atoms with Gasteiger partial charge in [-0.1, -0.05) is 30.3 Å². The van der Waals surface area contributed by atoms with Crippen LogP contribution in [0, 0.1) is 0 Å². The fourth-order valence-corrected chi connectivity index (χ4v) is 2.62. The quantitative estimate of drug-likeness (QED) is 0.796. The second kappa shape index (κ2) is 6.66. The van der Waals surface area contributed by atoms with Gasteiger partial charge >= 0.3 is 0 Å². The molecule has 0 spiro atoms. The molecule has 2 aromatic carbocycles. The second-order valence-corrected chi connectivity index (χ2v) is 5.74. The minimum absolute atomic E-state index is 0.160. The Morgan fingerprint density at radius 2 is 1.65 bits per heavy atom. The van der Waals surface area contributed by atoms with E-state index in [9.17, 15) is 9.59 Å². The standard InChI is InChI=1S/C17H13BrN2O3/c18-14-7-3-2-6-13(14)17(22)20-19-16(21)12-9-11-5-1-4-8-15(11)23-10-12/h1-9H,10H2,(H,19,21)(H,20,22). The van der Waals surface area contributed by atoms with Crippen LogP contribution in [0.5, 0.6) is 5.75 Å². The van der Waals surface area contributed by atoms with Gasteiger partial charge in [0.15, 0.2) is 0 Å². The van der Waals surface area contributed by atoms with Crippen LogP contribution >= 0.6 is 15.9 Å². The fraction of sp³-hybridized carbons (Fsp3) is 0.0588. The Morgan fingerprint density at radius 3 is 2.48 bits per heavy atom. The number of hydrazine groups is 1. The summed E-state index contributed by atoms with van der Waals surface area (Å²) in [6, 6.07) is 14.4. The van der Waals surface area contributed by atoms with Crippen LogP contribution in [0.3, 0.4) is 0 Å². The number of carbonyl (C=O) groups excluding carboxylic acids is 2. The summed E-state index contributed by atoms with van der Waals surface area (Å²) in [6.45, 7) is 0.160. The van der Waals surface area contributed by atoms with Gasteiger partial charge in [-0.2, -0.15) is 0 Å². The van der Waals surface area contributed by atoms with Gasteiger partial charge in [0.25, 0.3) is 11.8 Å². The van der Waals surface area contributed by atoms with Gasteiger partial charge in [0, 0.05) is 10.0 Å². The van der Waals surface area contributed by atoms with Crippen molar-refractivity contribution in [2.75, 3.05) is 6.61 Å². The first-order valence-electron chi connectivity index (χ1n) is 6.93. The molecule has 3 rings (SSSR count). The van der Waals surface area contributed by atoms with E-state index in [-0.39, 0.29) is 6.61 Å². The van der Waals surface area contributed by atoms with Gasteiger partial charge in [-0.3, -0.25) is 20.4 Å². The van der Waals surface area contributed by atoms with Crippen LogP contribution in [0.2, 0.25) is 0 Å². The fourth-order valence-electron chi connectivity index (χ4n) is 2.15. The molecule has 116 valence electrons. The molecule has 0 aliphatic carbocycles. The van der Waals surface area contributed by atoms with Crippen molar-refractivity contribution < 1.29 is 14.3 Å². The van der Waals surface area contributed by atoms with Crippen molar-refractivity contribution in [2.45, 2.75) is 0 Å². The molecule has 2 N–H and O–H groups in total. The summed E-state index contributed by atoms with van der Waals surface area (Å²) >= 11 is 3.29. The lowest BCUT2D eigenvalue weighted by Crippen LogP contribution is -2.43. The minimum atomic E-state index is -0.403. The molecule has 0 bridgehead atoms. The van der Waals surface area contributed by atoms with Crippen molar-refractivity contribution in [1.82, 2.24) is 10.9 Å². The first kappa shape index (κ1) is 15.3. The third kappa shape index (κ3) is 3.43. The summed E-state index contributed by atoms with van der Waals surface area (Å²) in [7, 11) is 0. The molecule has 6 heteroatoms. The van der Waals surface area contributed by atoms with Crippen LogP contribution in [0.1, 0.15) is 15.9 Å². The highest BCUT2D eigenvalue weighted by Crippen LogP contribution is 2.25. The summed E-state index contributed by atoms with van der Waals surface area (Å²) in [6.07, 6.45) is 1.75. The van der Waals surface area contributed by atoms with Crippen LogP contribution in [-0.4, -0.2) is 18.4 Å². The highest BCUT2D eigenvalue weighted by atomic mass is 79.9. The molecular weight excluding hydrogens is 360 g/mol. The van der Waals surface area contributed by atoms with Gasteiger partial charge in [-0.05, 0) is 40.2 Å². The van der Waals surface area contributed by atoms with Crippen molar-refractivity contribution in [3.05, 3.63) is 69.7 Å². The number of carbonyl (C=O) groups is 2. The molecule has 23 heavy (non-hydrogen) atoms. The number of para-hydroxylation sites is 1. The van der Waals surface area contributed by atoms with E-state index >= 15 is 0 Å². The van der Waals surface area contributed by atoms with Crippen molar-refractivity contribution in [2.24, 2.45) is 0 Å². The maximum Gasteiger partial charge on any atom is 0.270 e. The number of benzene rings is 2. The van der Waals surface area contributed by atoms with Crippen molar-refractivity contribution >= 4 is 33.8 Å². The largest absolute Gasteiger partial charge is 0.488 e. The van der Waals surface area contributed by atoms with E-state index in [2.05, 4.69) is 26.8 Å². The molecular formula is C17H13BrN2O3. The molecule has 1 heterocycles. The Labute approximate surface area is 141 Å². The van der Waals surface area contributed by atoms with Gasteiger partial charge in [-0.15, -0.1) is 0 Å². The molecule has 0 unspecified atom stereocenters. The zero-order valence-electron chi connectivity index (χ0n) is 12.0. The molecule has 1 aliphatic heterocycles. The van der Waals surface area contributed by atoms with E-state index in [0.29, 0.717) is 15.6 Å². The third-order valence-corrected chi connectivity index (χ3v) is 4.02. The number of fused-ring (bicyclic) bond motifs is 1. The van der Waals surface area contributed by atoms with E-state index in [4.69, 9.17) is 4.74 Å². The van der Waals surface area contributed by atoms with E-state index < -0.39 is 11.8 Å². The predicted octanol–water partition coefficient (Wildman–Crippen LogP) is 2.69. The van der Waals surface area contributed by atoms with E-state index in [0.717, 1.165) is 11.3 Å². The average molecular weight is 373 g/mol. The number of hydrogen-bond acceptors (Lipinski definition) is 3. The summed E-state index contributed by atoms with van der Waals surface area (Å²) in [5.74, 6) is -0.0650. The van der Waals surface area contributed by atoms with Gasteiger partial charge in [0.2, 0.25) is 0 Å². The number of amides is 2. The summed E-state index contributed by atoms with van der Waals surface area (Å²) in [5, 5.41) is 0. The molecule has 0 fully saturated rings. The SMILES string of the molecule is O=C(NNC(=O)c1ccccc1Br)C1=Cc2ccccc2OC1. The van der Waals surface area contributed by atoms with Gasteiger partial charge < -0.3 is 4.74 Å². The number of rotatable bonds is 2. The van der Waals surface area contributed by atoms with Gasteiger partial charge in [-0.25, -0.2) is 0 Å². The summed E-state index contributed by atoms with van der Waals surface area (Å²) in [4.78, 5) is 24.2. The zero-order chi connectivity index (χ0) is 16.2. The normalized spacial score (nSPS) is 12.5. The Kier molecular flexibility index (Phi) is 4.43. The van der Waals surface area contributed by atoms with E-state index in [1.54, 1.807) is 30.3 Å². The lowest BCUT2D eigenvalue weighted by atomic mass is 10.1. The number of hydrogen-bond donors (Lipinski definition) is 2. The van der Waals surface area contributed by atoms with E-state index in [1.165, 1.54) is 0 Å². The average Bonchev–Trinajstić information content (AvgIpc) is 2.59. The second-order valence-electron chi connectivity index (χ2n) is 4.88. The van der Waals surface area contributed by atoms with Crippen LogP contribution in [0.4, 0.5) is 0 Å². The van der Waals surface area contributed by atoms with Gasteiger partial charge in [0.05, 0.1) is 11.1 Å². The molecule has 0 atom stereocenters. The van der Waals surface area contributed by atoms with Crippen LogP contribution in [0.15, 0.2) is 58.6 Å². The minimum Gasteiger partial charge on any atom is -0.488 e. The van der Waals surface area contributed by atoms with Crippen LogP contribution < -0.4 is 15.6 Å². The van der Waals surface area contributed by atoms with Crippen molar-refractivity contribution in [3.63, 3.8) is 0 Å². The molecule has 0 aromatic heterocycles. The van der Waals surface area contributed by atoms with Crippen LogP contribution in [0.25, 0.3) is 6.08 Å². The Morgan fingerprint density at radius 1 is 0.957 bits per heavy atom. The summed E-state index contributed by atoms with van der Waals surface area (Å²) < 4.78 is 6.17. The highest BCUT2D eigenvalue weighted by Gasteiger charge is 2.18. The molecule has 0 radical (unpaired) electrons. The maximum absolute atomic E-state index is 12.1. The van der Waals surface area contributed by atoms with Crippen molar-refractivity contribution in [1.29, 1.82) is 0 Å². The number of halogens is 1. The number of nitrogens with one attached hydrogen (secondary N) is 2. The maximum atomic E-state index is 12.1. The topological polar surface area (TPSA) is 67.4 Å². The van der Waals surface area contributed by atoms with Gasteiger partial charge in [0.1, 0.15) is 12.4 Å². The Balaban J connectivity index is 1.66. The molecule has 2 aromatic rings. The third-order valence-electron chi connectivity index (χ3n) is 3.33.